The van der Waals surface area contributed by atoms with Crippen LogP contribution in [0, 0.1) is 0 Å². The summed E-state index contributed by atoms with van der Waals surface area (Å²) < 4.78 is 5.51. The Balaban J connectivity index is 1.90. The lowest BCUT2D eigenvalue weighted by Gasteiger charge is -2.19. The molecule has 2 atom stereocenters. The molecular weight excluding hydrogens is 198 g/mol. The fourth-order valence-electron chi connectivity index (χ4n) is 2.93. The molecule has 2 heteroatoms. The molecule has 0 bridgehead atoms. The SMILES string of the molecule is c1ccc([C@@H]2CCOC2)c(C2CCCN2)c1. The summed E-state index contributed by atoms with van der Waals surface area (Å²) >= 11 is 0. The van der Waals surface area contributed by atoms with Gasteiger partial charge in [0.25, 0.3) is 0 Å². The minimum atomic E-state index is 0.580. The lowest BCUT2D eigenvalue weighted by molar-refractivity contribution is 0.193. The summed E-state index contributed by atoms with van der Waals surface area (Å²) in [6.45, 7) is 3.00. The number of hydrogen-bond donors (Lipinski definition) is 1. The smallest absolute Gasteiger partial charge is 0.0535 e. The van der Waals surface area contributed by atoms with Gasteiger partial charge in [0.1, 0.15) is 0 Å². The molecule has 2 aliphatic heterocycles. The normalized spacial score (nSPS) is 29.8. The molecule has 1 aromatic rings. The standard InChI is InChI=1S/C14H19NO/c1-2-5-13(14-6-3-8-15-14)12(4-1)11-7-9-16-10-11/h1-2,4-5,11,14-15H,3,6-10H2/t11-,14?/m1/s1. The van der Waals surface area contributed by atoms with E-state index in [-0.39, 0.29) is 0 Å². The molecule has 0 amide bonds. The van der Waals surface area contributed by atoms with Gasteiger partial charge in [-0.3, -0.25) is 0 Å². The minimum absolute atomic E-state index is 0.580. The van der Waals surface area contributed by atoms with Crippen LogP contribution in [0.2, 0.25) is 0 Å². The zero-order valence-corrected chi connectivity index (χ0v) is 9.61. The van der Waals surface area contributed by atoms with Crippen molar-refractivity contribution in [2.45, 2.75) is 31.2 Å². The van der Waals surface area contributed by atoms with Gasteiger partial charge in [-0.05, 0) is 36.9 Å². The van der Waals surface area contributed by atoms with Crippen LogP contribution in [-0.2, 0) is 4.74 Å². The summed E-state index contributed by atoms with van der Waals surface area (Å²) in [6, 6.07) is 9.48. The first-order chi connectivity index (χ1) is 7.95. The third-order valence-corrected chi connectivity index (χ3v) is 3.80. The van der Waals surface area contributed by atoms with Gasteiger partial charge >= 0.3 is 0 Å². The fourth-order valence-corrected chi connectivity index (χ4v) is 2.93. The lowest BCUT2D eigenvalue weighted by Crippen LogP contribution is -2.16. The molecule has 16 heavy (non-hydrogen) atoms. The Morgan fingerprint density at radius 1 is 1.12 bits per heavy atom. The van der Waals surface area contributed by atoms with Gasteiger partial charge in [0.2, 0.25) is 0 Å². The Hall–Kier alpha value is -0.860. The molecule has 1 aromatic carbocycles. The lowest BCUT2D eigenvalue weighted by atomic mass is 9.89. The van der Waals surface area contributed by atoms with Crippen molar-refractivity contribution in [2.75, 3.05) is 19.8 Å². The van der Waals surface area contributed by atoms with Crippen LogP contribution in [-0.4, -0.2) is 19.8 Å². The molecule has 2 saturated heterocycles. The van der Waals surface area contributed by atoms with Crippen molar-refractivity contribution in [1.29, 1.82) is 0 Å². The molecule has 0 saturated carbocycles. The Bertz CT molecular complexity index is 317. The van der Waals surface area contributed by atoms with Gasteiger partial charge in [-0.15, -0.1) is 0 Å². The number of nitrogens with one attached hydrogen (secondary N) is 1. The average molecular weight is 217 g/mol. The Kier molecular flexibility index (Phi) is 2.94. The molecule has 2 aliphatic rings. The number of hydrogen-bond acceptors (Lipinski definition) is 2. The third-order valence-electron chi connectivity index (χ3n) is 3.80. The van der Waals surface area contributed by atoms with Crippen LogP contribution in [0.15, 0.2) is 24.3 Å². The highest BCUT2D eigenvalue weighted by Gasteiger charge is 2.24. The van der Waals surface area contributed by atoms with Gasteiger partial charge in [-0.2, -0.15) is 0 Å². The van der Waals surface area contributed by atoms with Crippen molar-refractivity contribution in [2.24, 2.45) is 0 Å². The topological polar surface area (TPSA) is 21.3 Å². The molecule has 2 nitrogen and oxygen atoms in total. The second-order valence-electron chi connectivity index (χ2n) is 4.84. The molecule has 0 spiro atoms. The molecule has 0 aromatic heterocycles. The van der Waals surface area contributed by atoms with Gasteiger partial charge in [0, 0.05) is 18.6 Å². The van der Waals surface area contributed by atoms with Crippen molar-refractivity contribution in [3.8, 4) is 0 Å². The molecule has 0 radical (unpaired) electrons. The summed E-state index contributed by atoms with van der Waals surface area (Å²) in [5.41, 5.74) is 3.02. The van der Waals surface area contributed by atoms with Crippen LogP contribution < -0.4 is 5.32 Å². The van der Waals surface area contributed by atoms with Crippen molar-refractivity contribution in [3.63, 3.8) is 0 Å². The van der Waals surface area contributed by atoms with Crippen LogP contribution >= 0.6 is 0 Å². The highest BCUT2D eigenvalue weighted by atomic mass is 16.5. The minimum Gasteiger partial charge on any atom is -0.381 e. The maximum atomic E-state index is 5.51. The molecule has 1 N–H and O–H groups in total. The van der Waals surface area contributed by atoms with Crippen molar-refractivity contribution >= 4 is 0 Å². The average Bonchev–Trinajstić information content (AvgIpc) is 3.03. The maximum absolute atomic E-state index is 5.51. The second-order valence-corrected chi connectivity index (χ2v) is 4.84. The molecule has 2 fully saturated rings. The molecule has 86 valence electrons. The van der Waals surface area contributed by atoms with E-state index in [0.717, 1.165) is 13.2 Å². The molecule has 3 rings (SSSR count). The van der Waals surface area contributed by atoms with E-state index in [1.165, 1.54) is 36.9 Å². The number of benzene rings is 1. The molecule has 1 unspecified atom stereocenters. The summed E-state index contributed by atoms with van der Waals surface area (Å²) in [7, 11) is 0. The van der Waals surface area contributed by atoms with Crippen molar-refractivity contribution < 1.29 is 4.74 Å². The predicted molar refractivity (Wildman–Crippen MR) is 64.6 cm³/mol. The van der Waals surface area contributed by atoms with E-state index < -0.39 is 0 Å². The Morgan fingerprint density at radius 2 is 2.00 bits per heavy atom. The summed E-state index contributed by atoms with van der Waals surface area (Å²) in [6.07, 6.45) is 3.77. The van der Waals surface area contributed by atoms with Gasteiger partial charge < -0.3 is 10.1 Å². The molecular formula is C14H19NO. The zero-order valence-electron chi connectivity index (χ0n) is 9.61. The largest absolute Gasteiger partial charge is 0.381 e. The van der Waals surface area contributed by atoms with Crippen LogP contribution in [0.4, 0.5) is 0 Å². The molecule has 0 aliphatic carbocycles. The van der Waals surface area contributed by atoms with E-state index in [0.29, 0.717) is 12.0 Å². The van der Waals surface area contributed by atoms with E-state index in [1.807, 2.05) is 0 Å². The maximum Gasteiger partial charge on any atom is 0.0535 e. The van der Waals surface area contributed by atoms with Crippen LogP contribution in [0.1, 0.15) is 42.3 Å². The highest BCUT2D eigenvalue weighted by Crippen LogP contribution is 2.33. The highest BCUT2D eigenvalue weighted by molar-refractivity contribution is 5.34. The van der Waals surface area contributed by atoms with E-state index in [2.05, 4.69) is 29.6 Å². The van der Waals surface area contributed by atoms with Gasteiger partial charge in [0.15, 0.2) is 0 Å². The monoisotopic (exact) mass is 217 g/mol. The van der Waals surface area contributed by atoms with Crippen LogP contribution in [0.3, 0.4) is 0 Å². The first kappa shape index (κ1) is 10.3. The molecule has 2 heterocycles. The summed E-state index contributed by atoms with van der Waals surface area (Å²) in [5, 5.41) is 3.60. The van der Waals surface area contributed by atoms with E-state index in [1.54, 1.807) is 0 Å². The second kappa shape index (κ2) is 4.56. The van der Waals surface area contributed by atoms with E-state index in [9.17, 15) is 0 Å². The Morgan fingerprint density at radius 3 is 2.69 bits per heavy atom. The van der Waals surface area contributed by atoms with Gasteiger partial charge in [-0.25, -0.2) is 0 Å². The number of rotatable bonds is 2. The predicted octanol–water partition coefficient (Wildman–Crippen LogP) is 2.62. The van der Waals surface area contributed by atoms with Crippen LogP contribution in [0.25, 0.3) is 0 Å². The summed E-state index contributed by atoms with van der Waals surface area (Å²) in [4.78, 5) is 0. The van der Waals surface area contributed by atoms with E-state index >= 15 is 0 Å². The van der Waals surface area contributed by atoms with Gasteiger partial charge in [-0.1, -0.05) is 24.3 Å². The zero-order chi connectivity index (χ0) is 10.8. The first-order valence-corrected chi connectivity index (χ1v) is 6.35. The summed E-state index contributed by atoms with van der Waals surface area (Å²) in [5.74, 6) is 0.624. The van der Waals surface area contributed by atoms with Crippen molar-refractivity contribution in [3.05, 3.63) is 35.4 Å². The van der Waals surface area contributed by atoms with Crippen molar-refractivity contribution in [1.82, 2.24) is 5.32 Å². The van der Waals surface area contributed by atoms with Gasteiger partial charge in [0.05, 0.1) is 6.61 Å². The van der Waals surface area contributed by atoms with Crippen LogP contribution in [0.5, 0.6) is 0 Å². The van der Waals surface area contributed by atoms with E-state index in [4.69, 9.17) is 4.74 Å². The Labute approximate surface area is 97.0 Å². The first-order valence-electron chi connectivity index (χ1n) is 6.35. The quantitative estimate of drug-likeness (QED) is 0.822. The fraction of sp³-hybridized carbons (Fsp3) is 0.571. The number of ether oxygens (including phenoxy) is 1. The third kappa shape index (κ3) is 1.87.